The molecule has 32 heavy (non-hydrogen) atoms. The summed E-state index contributed by atoms with van der Waals surface area (Å²) in [6, 6.07) is 6.86. The number of aromatic nitrogens is 4. The van der Waals surface area contributed by atoms with Gasteiger partial charge >= 0.3 is 0 Å². The van der Waals surface area contributed by atoms with E-state index in [1.165, 1.54) is 6.07 Å². The Labute approximate surface area is 185 Å². The van der Waals surface area contributed by atoms with Crippen LogP contribution in [0, 0.1) is 11.7 Å². The van der Waals surface area contributed by atoms with Crippen LogP contribution in [-0.4, -0.2) is 48.5 Å². The summed E-state index contributed by atoms with van der Waals surface area (Å²) < 4.78 is 16.4. The summed E-state index contributed by atoms with van der Waals surface area (Å²) in [5, 5.41) is 25.9. The number of hydrogen-bond donors (Lipinski definition) is 4. The lowest BCUT2D eigenvalue weighted by Crippen LogP contribution is -2.29. The van der Waals surface area contributed by atoms with E-state index < -0.39 is 0 Å². The molecule has 9 heteroatoms. The second-order valence-electron chi connectivity index (χ2n) is 8.98. The predicted molar refractivity (Wildman–Crippen MR) is 120 cm³/mol. The van der Waals surface area contributed by atoms with Crippen molar-refractivity contribution in [2.75, 3.05) is 17.2 Å². The van der Waals surface area contributed by atoms with Gasteiger partial charge in [-0.2, -0.15) is 4.98 Å². The normalized spacial score (nSPS) is 25.8. The number of imidazole rings is 1. The van der Waals surface area contributed by atoms with Crippen molar-refractivity contribution in [1.29, 1.82) is 0 Å². The highest BCUT2D eigenvalue weighted by atomic mass is 19.1. The maximum atomic E-state index is 14.3. The van der Waals surface area contributed by atoms with Gasteiger partial charge in [0.05, 0.1) is 18.0 Å². The van der Waals surface area contributed by atoms with E-state index in [2.05, 4.69) is 20.6 Å². The highest BCUT2D eigenvalue weighted by Gasteiger charge is 2.30. The largest absolute Gasteiger partial charge is 0.396 e. The molecule has 0 saturated heterocycles. The van der Waals surface area contributed by atoms with Crippen molar-refractivity contribution in [2.45, 2.75) is 63.1 Å². The standard InChI is InChI=1S/C23H29FN6O2/c24-18-3-1-2-4-19(18)27-23-28-20-12-25-22(26-15-6-9-17(32)10-7-15)29-21(20)30(23)16-8-5-14(11-16)13-31/h1-4,12,14-17,31-32H,5-11,13H2,(H,27,28)(H,25,26,29)/t14-,15?,16-,17?/m0/s1. The van der Waals surface area contributed by atoms with Gasteiger partial charge in [0.15, 0.2) is 5.65 Å². The van der Waals surface area contributed by atoms with Crippen molar-refractivity contribution >= 4 is 28.7 Å². The third-order valence-corrected chi connectivity index (χ3v) is 6.72. The van der Waals surface area contributed by atoms with E-state index in [4.69, 9.17) is 4.98 Å². The fourth-order valence-electron chi connectivity index (χ4n) is 4.93. The molecule has 1 aromatic carbocycles. The molecule has 170 valence electrons. The monoisotopic (exact) mass is 440 g/mol. The van der Waals surface area contributed by atoms with Gasteiger partial charge in [-0.15, -0.1) is 0 Å². The summed E-state index contributed by atoms with van der Waals surface area (Å²) in [5.74, 6) is 0.959. The Morgan fingerprint density at radius 3 is 2.62 bits per heavy atom. The Bertz CT molecular complexity index is 1080. The van der Waals surface area contributed by atoms with E-state index in [0.29, 0.717) is 28.7 Å². The molecule has 2 atom stereocenters. The number of benzene rings is 1. The number of aliphatic hydroxyl groups is 2. The van der Waals surface area contributed by atoms with Gasteiger partial charge in [0.25, 0.3) is 0 Å². The first-order chi connectivity index (χ1) is 15.6. The first-order valence-corrected chi connectivity index (χ1v) is 11.4. The fraction of sp³-hybridized carbons (Fsp3) is 0.522. The smallest absolute Gasteiger partial charge is 0.224 e. The number of hydrogen-bond acceptors (Lipinski definition) is 7. The molecule has 5 rings (SSSR count). The van der Waals surface area contributed by atoms with E-state index in [1.54, 1.807) is 24.4 Å². The Balaban J connectivity index is 1.49. The van der Waals surface area contributed by atoms with Gasteiger partial charge in [-0.25, -0.2) is 14.4 Å². The van der Waals surface area contributed by atoms with Crippen LogP contribution in [0.1, 0.15) is 51.0 Å². The molecule has 0 aliphatic heterocycles. The second kappa shape index (κ2) is 8.99. The van der Waals surface area contributed by atoms with Crippen molar-refractivity contribution in [2.24, 2.45) is 5.92 Å². The average Bonchev–Trinajstić information content (AvgIpc) is 3.40. The van der Waals surface area contributed by atoms with Crippen molar-refractivity contribution in [1.82, 2.24) is 19.5 Å². The summed E-state index contributed by atoms with van der Waals surface area (Å²) in [6.07, 6.45) is 7.44. The maximum absolute atomic E-state index is 14.3. The van der Waals surface area contributed by atoms with Crippen LogP contribution in [-0.2, 0) is 0 Å². The van der Waals surface area contributed by atoms with Crippen molar-refractivity contribution in [3.8, 4) is 0 Å². The molecule has 0 unspecified atom stereocenters. The van der Waals surface area contributed by atoms with E-state index in [0.717, 1.165) is 44.9 Å². The number of para-hydroxylation sites is 1. The number of nitrogens with one attached hydrogen (secondary N) is 2. The van der Waals surface area contributed by atoms with E-state index >= 15 is 0 Å². The van der Waals surface area contributed by atoms with Crippen LogP contribution < -0.4 is 10.6 Å². The van der Waals surface area contributed by atoms with Crippen LogP contribution in [0.5, 0.6) is 0 Å². The number of anilines is 3. The Kier molecular flexibility index (Phi) is 5.93. The minimum Gasteiger partial charge on any atom is -0.396 e. The molecule has 0 bridgehead atoms. The summed E-state index contributed by atoms with van der Waals surface area (Å²) in [7, 11) is 0. The topological polar surface area (TPSA) is 108 Å². The zero-order valence-electron chi connectivity index (χ0n) is 17.9. The molecule has 2 saturated carbocycles. The zero-order valence-corrected chi connectivity index (χ0v) is 17.9. The number of aliphatic hydroxyl groups excluding tert-OH is 2. The lowest BCUT2D eigenvalue weighted by Gasteiger charge is -2.26. The van der Waals surface area contributed by atoms with Crippen LogP contribution in [0.15, 0.2) is 30.5 Å². The highest BCUT2D eigenvalue weighted by molar-refractivity contribution is 5.76. The van der Waals surface area contributed by atoms with E-state index in [1.807, 2.05) is 4.57 Å². The molecular weight excluding hydrogens is 411 g/mol. The molecule has 0 spiro atoms. The van der Waals surface area contributed by atoms with Crippen LogP contribution in [0.3, 0.4) is 0 Å². The van der Waals surface area contributed by atoms with E-state index in [9.17, 15) is 14.6 Å². The molecule has 2 aromatic heterocycles. The van der Waals surface area contributed by atoms with Crippen LogP contribution in [0.25, 0.3) is 11.2 Å². The van der Waals surface area contributed by atoms with Gasteiger partial charge in [-0.1, -0.05) is 12.1 Å². The lowest BCUT2D eigenvalue weighted by molar-refractivity contribution is 0.126. The Morgan fingerprint density at radius 1 is 1.06 bits per heavy atom. The van der Waals surface area contributed by atoms with Crippen LogP contribution in [0.4, 0.5) is 22.0 Å². The van der Waals surface area contributed by atoms with Gasteiger partial charge in [0, 0.05) is 18.7 Å². The van der Waals surface area contributed by atoms with Gasteiger partial charge < -0.3 is 20.8 Å². The number of halogens is 1. The summed E-state index contributed by atoms with van der Waals surface area (Å²) in [6.45, 7) is 0.161. The first kappa shape index (κ1) is 21.1. The molecular formula is C23H29FN6O2. The maximum Gasteiger partial charge on any atom is 0.224 e. The number of rotatable bonds is 6. The molecule has 2 aliphatic carbocycles. The van der Waals surface area contributed by atoms with Gasteiger partial charge in [-0.3, -0.25) is 4.57 Å². The summed E-state index contributed by atoms with van der Waals surface area (Å²) in [5.41, 5.74) is 1.69. The van der Waals surface area contributed by atoms with Gasteiger partial charge in [0.2, 0.25) is 11.9 Å². The lowest BCUT2D eigenvalue weighted by atomic mass is 9.93. The molecule has 2 fully saturated rings. The fourth-order valence-corrected chi connectivity index (χ4v) is 4.93. The third kappa shape index (κ3) is 4.27. The minimum atomic E-state index is -0.348. The van der Waals surface area contributed by atoms with Crippen LogP contribution >= 0.6 is 0 Å². The first-order valence-electron chi connectivity index (χ1n) is 11.4. The number of nitrogens with zero attached hydrogens (tertiary/aromatic N) is 4. The Hall–Kier alpha value is -2.78. The average molecular weight is 441 g/mol. The quantitative estimate of drug-likeness (QED) is 0.462. The molecule has 4 N–H and O–H groups in total. The SMILES string of the molecule is OC[C@H]1CC[C@H](n2c(Nc3ccccc3F)nc3cnc(NC4CCC(O)CC4)nc32)C1. The summed E-state index contributed by atoms with van der Waals surface area (Å²) >= 11 is 0. The van der Waals surface area contributed by atoms with Gasteiger partial charge in [0.1, 0.15) is 11.3 Å². The highest BCUT2D eigenvalue weighted by Crippen LogP contribution is 2.39. The van der Waals surface area contributed by atoms with Crippen molar-refractivity contribution < 1.29 is 14.6 Å². The molecule has 0 amide bonds. The predicted octanol–water partition coefficient (Wildman–Crippen LogP) is 3.76. The molecule has 8 nitrogen and oxygen atoms in total. The molecule has 2 aliphatic rings. The van der Waals surface area contributed by atoms with E-state index in [-0.39, 0.29) is 36.5 Å². The van der Waals surface area contributed by atoms with Crippen molar-refractivity contribution in [3.63, 3.8) is 0 Å². The van der Waals surface area contributed by atoms with Crippen molar-refractivity contribution in [3.05, 3.63) is 36.3 Å². The molecule has 2 heterocycles. The molecule has 0 radical (unpaired) electrons. The third-order valence-electron chi connectivity index (χ3n) is 6.72. The van der Waals surface area contributed by atoms with Crippen LogP contribution in [0.2, 0.25) is 0 Å². The zero-order chi connectivity index (χ0) is 22.1. The summed E-state index contributed by atoms with van der Waals surface area (Å²) in [4.78, 5) is 13.9. The number of fused-ring (bicyclic) bond motifs is 1. The Morgan fingerprint density at radius 2 is 1.88 bits per heavy atom. The van der Waals surface area contributed by atoms with Gasteiger partial charge in [-0.05, 0) is 63.0 Å². The molecule has 3 aromatic rings. The minimum absolute atomic E-state index is 0.110. The second-order valence-corrected chi connectivity index (χ2v) is 8.98.